The van der Waals surface area contributed by atoms with E-state index in [0.717, 1.165) is 5.56 Å². The maximum absolute atomic E-state index is 12.6. The molecule has 24 heavy (non-hydrogen) atoms. The van der Waals surface area contributed by atoms with Crippen molar-refractivity contribution >= 4 is 32.7 Å². The van der Waals surface area contributed by atoms with Gasteiger partial charge in [-0.2, -0.15) is 15.4 Å². The second kappa shape index (κ2) is 5.60. The molecule has 124 valence electrons. The van der Waals surface area contributed by atoms with Crippen molar-refractivity contribution in [3.63, 3.8) is 0 Å². The van der Waals surface area contributed by atoms with Crippen LogP contribution in [0.4, 0.5) is 5.69 Å². The first-order chi connectivity index (χ1) is 11.3. The number of H-pyrrole nitrogens is 1. The Morgan fingerprint density at radius 3 is 2.54 bits per heavy atom. The van der Waals surface area contributed by atoms with Gasteiger partial charge in [-0.1, -0.05) is 6.07 Å². The molecule has 0 aliphatic carbocycles. The summed E-state index contributed by atoms with van der Waals surface area (Å²) in [4.78, 5) is 11.4. The summed E-state index contributed by atoms with van der Waals surface area (Å²) in [5.74, 6) is -1.20. The number of fused-ring (bicyclic) bond motifs is 1. The van der Waals surface area contributed by atoms with Crippen molar-refractivity contribution in [2.24, 2.45) is 0 Å². The highest BCUT2D eigenvalue weighted by Gasteiger charge is 2.21. The molecule has 8 nitrogen and oxygen atoms in total. The summed E-state index contributed by atoms with van der Waals surface area (Å²) in [5, 5.41) is 19.5. The van der Waals surface area contributed by atoms with Gasteiger partial charge in [0, 0.05) is 0 Å². The number of carboxylic acid groups (broad SMARTS) is 1. The number of hydrogen-bond donors (Lipinski definition) is 3. The van der Waals surface area contributed by atoms with Gasteiger partial charge in [-0.05, 0) is 49.2 Å². The number of benzene rings is 2. The molecule has 1 heterocycles. The summed E-state index contributed by atoms with van der Waals surface area (Å²) < 4.78 is 27.6. The normalized spacial score (nSPS) is 11.6. The molecule has 0 fully saturated rings. The monoisotopic (exact) mass is 346 g/mol. The number of carbonyl (C=O) groups is 1. The zero-order chi connectivity index (χ0) is 17.5. The van der Waals surface area contributed by atoms with Gasteiger partial charge < -0.3 is 5.11 Å². The Morgan fingerprint density at radius 1 is 1.12 bits per heavy atom. The number of anilines is 1. The quantitative estimate of drug-likeness (QED) is 0.664. The maximum atomic E-state index is 12.6. The summed E-state index contributed by atoms with van der Waals surface area (Å²) in [6.45, 7) is 3.40. The Bertz CT molecular complexity index is 1060. The predicted molar refractivity (Wildman–Crippen MR) is 87.6 cm³/mol. The molecule has 2 aromatic carbocycles. The van der Waals surface area contributed by atoms with E-state index in [1.165, 1.54) is 24.3 Å². The van der Waals surface area contributed by atoms with Crippen LogP contribution in [0, 0.1) is 13.8 Å². The predicted octanol–water partition coefficient (Wildman–Crippen LogP) is 2.07. The van der Waals surface area contributed by atoms with Crippen LogP contribution in [-0.2, 0) is 10.0 Å². The highest BCUT2D eigenvalue weighted by molar-refractivity contribution is 7.92. The minimum Gasteiger partial charge on any atom is -0.478 e. The third-order valence-electron chi connectivity index (χ3n) is 3.54. The number of rotatable bonds is 4. The molecule has 0 saturated heterocycles. The zero-order valence-corrected chi connectivity index (χ0v) is 13.7. The number of nitrogens with zero attached hydrogens (tertiary/aromatic N) is 2. The fourth-order valence-corrected chi connectivity index (χ4v) is 3.62. The lowest BCUT2D eigenvalue weighted by Gasteiger charge is -2.14. The van der Waals surface area contributed by atoms with Gasteiger partial charge in [-0.15, -0.1) is 0 Å². The summed E-state index contributed by atoms with van der Waals surface area (Å²) in [7, 11) is -3.97. The summed E-state index contributed by atoms with van der Waals surface area (Å²) >= 11 is 0. The molecular weight excluding hydrogens is 332 g/mol. The minimum absolute atomic E-state index is 0.0276. The van der Waals surface area contributed by atoms with Crippen LogP contribution in [0.1, 0.15) is 21.5 Å². The molecule has 0 atom stereocenters. The SMILES string of the molecule is Cc1cc(C)c(NS(=O)(=O)c2ccc3n[nH]nc3c2)c(C(=O)O)c1. The standard InChI is InChI=1S/C15H14N4O4S/c1-8-5-9(2)14(11(6-8)15(20)21)18-24(22,23)10-3-4-12-13(7-10)17-19-16-12/h3-7,18H,1-2H3,(H,20,21)(H,16,17,19). The third-order valence-corrected chi connectivity index (χ3v) is 4.89. The van der Waals surface area contributed by atoms with Crippen molar-refractivity contribution in [3.8, 4) is 0 Å². The number of sulfonamides is 1. The lowest BCUT2D eigenvalue weighted by atomic mass is 10.0. The number of carboxylic acids is 1. The van der Waals surface area contributed by atoms with Gasteiger partial charge in [0.2, 0.25) is 0 Å². The molecule has 9 heteroatoms. The van der Waals surface area contributed by atoms with Crippen LogP contribution in [0.25, 0.3) is 11.0 Å². The Hall–Kier alpha value is -2.94. The van der Waals surface area contributed by atoms with Crippen LogP contribution < -0.4 is 4.72 Å². The average molecular weight is 346 g/mol. The van der Waals surface area contributed by atoms with E-state index in [-0.39, 0.29) is 16.1 Å². The number of hydrogen-bond acceptors (Lipinski definition) is 5. The first kappa shape index (κ1) is 15.9. The number of aromatic nitrogens is 3. The molecule has 1 aromatic heterocycles. The minimum atomic E-state index is -3.97. The summed E-state index contributed by atoms with van der Waals surface area (Å²) in [5.41, 5.74) is 2.14. The third kappa shape index (κ3) is 2.81. The molecule has 0 aliphatic heterocycles. The highest BCUT2D eigenvalue weighted by atomic mass is 32.2. The molecule has 0 unspecified atom stereocenters. The van der Waals surface area contributed by atoms with Crippen molar-refractivity contribution < 1.29 is 18.3 Å². The van der Waals surface area contributed by atoms with E-state index >= 15 is 0 Å². The van der Waals surface area contributed by atoms with Crippen LogP contribution in [0.5, 0.6) is 0 Å². The molecule has 0 bridgehead atoms. The molecule has 3 aromatic rings. The Kier molecular flexibility index (Phi) is 3.72. The van der Waals surface area contributed by atoms with Crippen molar-refractivity contribution in [1.82, 2.24) is 15.4 Å². The van der Waals surface area contributed by atoms with Crippen molar-refractivity contribution in [1.29, 1.82) is 0 Å². The molecule has 0 aliphatic rings. The Labute approximate surface area is 137 Å². The van der Waals surface area contributed by atoms with Gasteiger partial charge in [-0.25, -0.2) is 13.2 Å². The lowest BCUT2D eigenvalue weighted by Crippen LogP contribution is -2.17. The van der Waals surface area contributed by atoms with E-state index in [1.807, 2.05) is 0 Å². The molecule has 0 amide bonds. The summed E-state index contributed by atoms with van der Waals surface area (Å²) in [6, 6.07) is 7.41. The topological polar surface area (TPSA) is 125 Å². The first-order valence-electron chi connectivity index (χ1n) is 6.96. The van der Waals surface area contributed by atoms with E-state index in [4.69, 9.17) is 0 Å². The fourth-order valence-electron chi connectivity index (χ4n) is 2.45. The van der Waals surface area contributed by atoms with E-state index in [0.29, 0.717) is 16.6 Å². The smallest absolute Gasteiger partial charge is 0.337 e. The van der Waals surface area contributed by atoms with Gasteiger partial charge in [0.25, 0.3) is 10.0 Å². The second-order valence-corrected chi connectivity index (χ2v) is 7.07. The van der Waals surface area contributed by atoms with E-state index in [9.17, 15) is 18.3 Å². The van der Waals surface area contributed by atoms with Crippen molar-refractivity contribution in [2.45, 2.75) is 18.7 Å². The fraction of sp³-hybridized carbons (Fsp3) is 0.133. The van der Waals surface area contributed by atoms with Crippen LogP contribution in [0.3, 0.4) is 0 Å². The lowest BCUT2D eigenvalue weighted by molar-refractivity contribution is 0.0698. The Balaban J connectivity index is 2.08. The van der Waals surface area contributed by atoms with Gasteiger partial charge in [-0.3, -0.25) is 4.72 Å². The van der Waals surface area contributed by atoms with E-state index < -0.39 is 16.0 Å². The van der Waals surface area contributed by atoms with Gasteiger partial charge >= 0.3 is 5.97 Å². The van der Waals surface area contributed by atoms with Crippen molar-refractivity contribution in [3.05, 3.63) is 47.0 Å². The van der Waals surface area contributed by atoms with Gasteiger partial charge in [0.05, 0.1) is 16.1 Å². The molecule has 0 spiro atoms. The van der Waals surface area contributed by atoms with Crippen LogP contribution in [0.2, 0.25) is 0 Å². The average Bonchev–Trinajstić information content (AvgIpc) is 2.97. The molecular formula is C15H14N4O4S. The maximum Gasteiger partial charge on any atom is 0.337 e. The number of aryl methyl sites for hydroxylation is 2. The molecule has 3 N–H and O–H groups in total. The highest BCUT2D eigenvalue weighted by Crippen LogP contribution is 2.26. The number of aromatic amines is 1. The molecule has 0 saturated carbocycles. The van der Waals surface area contributed by atoms with Crippen LogP contribution >= 0.6 is 0 Å². The van der Waals surface area contributed by atoms with E-state index in [2.05, 4.69) is 20.1 Å². The van der Waals surface area contributed by atoms with Crippen LogP contribution in [-0.4, -0.2) is 34.9 Å². The largest absolute Gasteiger partial charge is 0.478 e. The zero-order valence-electron chi connectivity index (χ0n) is 12.9. The molecule has 0 radical (unpaired) electrons. The Morgan fingerprint density at radius 2 is 1.83 bits per heavy atom. The van der Waals surface area contributed by atoms with Gasteiger partial charge in [0.1, 0.15) is 11.0 Å². The van der Waals surface area contributed by atoms with Crippen LogP contribution in [0.15, 0.2) is 35.2 Å². The van der Waals surface area contributed by atoms with Gasteiger partial charge in [0.15, 0.2) is 0 Å². The molecule has 3 rings (SSSR count). The number of aromatic carboxylic acids is 1. The first-order valence-corrected chi connectivity index (χ1v) is 8.44. The van der Waals surface area contributed by atoms with E-state index in [1.54, 1.807) is 19.9 Å². The van der Waals surface area contributed by atoms with Crippen molar-refractivity contribution in [2.75, 3.05) is 4.72 Å². The second-order valence-electron chi connectivity index (χ2n) is 5.39. The number of nitrogens with one attached hydrogen (secondary N) is 2. The summed E-state index contributed by atoms with van der Waals surface area (Å²) in [6.07, 6.45) is 0.